The Bertz CT molecular complexity index is 946. The number of thiazole rings is 1. The van der Waals surface area contributed by atoms with Crippen LogP contribution in [0.25, 0.3) is 21.8 Å². The molecule has 7 heteroatoms. The van der Waals surface area contributed by atoms with Crippen LogP contribution in [0, 0.1) is 0 Å². The summed E-state index contributed by atoms with van der Waals surface area (Å²) in [6.45, 7) is 0. The van der Waals surface area contributed by atoms with Crippen molar-refractivity contribution < 1.29 is 13.5 Å². The molecule has 0 unspecified atom stereocenters. The molecule has 1 aromatic heterocycles. The van der Waals surface area contributed by atoms with E-state index in [2.05, 4.69) is 4.98 Å². The number of nitrogens with zero attached hydrogens (tertiary/aromatic N) is 2. The third-order valence-corrected chi connectivity index (χ3v) is 5.74. The van der Waals surface area contributed by atoms with Crippen molar-refractivity contribution in [1.82, 2.24) is 4.98 Å². The monoisotopic (exact) mass is 360 g/mol. The quantitative estimate of drug-likeness (QED) is 0.772. The lowest BCUT2D eigenvalue weighted by molar-refractivity contribution is 0.475. The predicted octanol–water partition coefficient (Wildman–Crippen LogP) is 3.58. The van der Waals surface area contributed by atoms with E-state index in [1.54, 1.807) is 24.3 Å². The van der Waals surface area contributed by atoms with Crippen LogP contribution in [-0.4, -0.2) is 31.8 Å². The van der Waals surface area contributed by atoms with E-state index in [0.29, 0.717) is 5.69 Å². The van der Waals surface area contributed by atoms with Crippen LogP contribution >= 0.6 is 11.3 Å². The molecule has 124 valence electrons. The van der Waals surface area contributed by atoms with E-state index >= 15 is 0 Å². The first-order valence-electron chi connectivity index (χ1n) is 7.14. The third kappa shape index (κ3) is 3.42. The van der Waals surface area contributed by atoms with Gasteiger partial charge in [0.25, 0.3) is 0 Å². The molecule has 0 saturated heterocycles. The molecule has 0 fully saturated rings. The molecule has 0 aliphatic rings. The maximum Gasteiger partial charge on any atom is 0.231 e. The Balaban J connectivity index is 1.87. The van der Waals surface area contributed by atoms with E-state index in [1.165, 1.54) is 28.9 Å². The van der Waals surface area contributed by atoms with Crippen molar-refractivity contribution in [3.63, 3.8) is 0 Å². The van der Waals surface area contributed by atoms with Crippen LogP contribution in [0.1, 0.15) is 0 Å². The first-order valence-corrected chi connectivity index (χ1v) is 9.86. The van der Waals surface area contributed by atoms with Gasteiger partial charge in [-0.1, -0.05) is 12.1 Å². The molecule has 3 rings (SSSR count). The van der Waals surface area contributed by atoms with Crippen molar-refractivity contribution in [3.05, 3.63) is 53.9 Å². The number of anilines is 1. The number of phenolic OH excluding ortho intramolecular Hbond substituents is 1. The topological polar surface area (TPSA) is 70.5 Å². The first kappa shape index (κ1) is 16.5. The number of hydrogen-bond acceptors (Lipinski definition) is 5. The van der Waals surface area contributed by atoms with Gasteiger partial charge >= 0.3 is 0 Å². The molecule has 1 heterocycles. The van der Waals surface area contributed by atoms with Crippen LogP contribution in [0.15, 0.2) is 53.9 Å². The summed E-state index contributed by atoms with van der Waals surface area (Å²) in [5, 5.41) is 12.2. The smallest absolute Gasteiger partial charge is 0.231 e. The van der Waals surface area contributed by atoms with Crippen molar-refractivity contribution in [2.75, 3.05) is 17.6 Å². The standard InChI is InChI=1S/C17H16N2O3S2/c1-19(24(2,21)22)14-7-3-12(4-8-14)16-11-23-17(18-16)13-5-9-15(20)10-6-13/h3-11,20H,1-2H3. The molecule has 1 N–H and O–H groups in total. The molecule has 0 aliphatic carbocycles. The molecule has 3 aromatic rings. The largest absolute Gasteiger partial charge is 0.508 e. The zero-order valence-corrected chi connectivity index (χ0v) is 14.8. The lowest BCUT2D eigenvalue weighted by Gasteiger charge is -2.16. The summed E-state index contributed by atoms with van der Waals surface area (Å²) in [4.78, 5) is 4.61. The van der Waals surface area contributed by atoms with Crippen LogP contribution in [0.3, 0.4) is 0 Å². The summed E-state index contributed by atoms with van der Waals surface area (Å²) in [7, 11) is -1.75. The van der Waals surface area contributed by atoms with Crippen molar-refractivity contribution in [3.8, 4) is 27.6 Å². The Morgan fingerprint density at radius 3 is 2.17 bits per heavy atom. The summed E-state index contributed by atoms with van der Waals surface area (Å²) in [6.07, 6.45) is 1.17. The summed E-state index contributed by atoms with van der Waals surface area (Å²) >= 11 is 1.52. The lowest BCUT2D eigenvalue weighted by atomic mass is 10.1. The second kappa shape index (κ2) is 6.26. The highest BCUT2D eigenvalue weighted by molar-refractivity contribution is 7.92. The van der Waals surface area contributed by atoms with Crippen molar-refractivity contribution in [2.45, 2.75) is 0 Å². The minimum atomic E-state index is -3.27. The normalized spacial score (nSPS) is 11.4. The zero-order chi connectivity index (χ0) is 17.3. The van der Waals surface area contributed by atoms with Gasteiger partial charge in [-0.15, -0.1) is 11.3 Å². The number of sulfonamides is 1. The molecule has 0 atom stereocenters. The highest BCUT2D eigenvalue weighted by Crippen LogP contribution is 2.30. The van der Waals surface area contributed by atoms with Gasteiger partial charge in [-0.05, 0) is 36.4 Å². The van der Waals surface area contributed by atoms with Gasteiger partial charge in [-0.3, -0.25) is 4.31 Å². The summed E-state index contributed by atoms with van der Waals surface area (Å²) in [5.41, 5.74) is 3.30. The Morgan fingerprint density at radius 1 is 1.00 bits per heavy atom. The zero-order valence-electron chi connectivity index (χ0n) is 13.2. The van der Waals surface area contributed by atoms with Gasteiger partial charge in [-0.2, -0.15) is 0 Å². The highest BCUT2D eigenvalue weighted by atomic mass is 32.2. The molecule has 0 radical (unpaired) electrons. The molecule has 0 spiro atoms. The number of aromatic hydroxyl groups is 1. The SMILES string of the molecule is CN(c1ccc(-c2csc(-c3ccc(O)cc3)n2)cc1)S(C)(=O)=O. The Hall–Kier alpha value is -2.38. The van der Waals surface area contributed by atoms with Crippen LogP contribution in [0.5, 0.6) is 5.75 Å². The average molecular weight is 360 g/mol. The van der Waals surface area contributed by atoms with Crippen molar-refractivity contribution >= 4 is 27.0 Å². The molecule has 0 bridgehead atoms. The third-order valence-electron chi connectivity index (χ3n) is 3.64. The van der Waals surface area contributed by atoms with Gasteiger partial charge in [0.2, 0.25) is 10.0 Å². The predicted molar refractivity (Wildman–Crippen MR) is 97.9 cm³/mol. The maximum absolute atomic E-state index is 11.6. The van der Waals surface area contributed by atoms with E-state index in [1.807, 2.05) is 29.6 Å². The molecule has 0 amide bonds. The summed E-state index contributed by atoms with van der Waals surface area (Å²) in [5.74, 6) is 0.223. The molecule has 0 aliphatic heterocycles. The Labute approximate surface area is 144 Å². The fourth-order valence-corrected chi connectivity index (χ4v) is 3.52. The number of rotatable bonds is 4. The van der Waals surface area contributed by atoms with Gasteiger partial charge in [0, 0.05) is 23.6 Å². The molecule has 2 aromatic carbocycles. The van der Waals surface area contributed by atoms with E-state index in [9.17, 15) is 13.5 Å². The number of benzene rings is 2. The van der Waals surface area contributed by atoms with E-state index in [-0.39, 0.29) is 5.75 Å². The fourth-order valence-electron chi connectivity index (χ4n) is 2.18. The summed E-state index contributed by atoms with van der Waals surface area (Å²) in [6, 6.07) is 14.1. The van der Waals surface area contributed by atoms with E-state index in [0.717, 1.165) is 21.8 Å². The van der Waals surface area contributed by atoms with E-state index in [4.69, 9.17) is 0 Å². The van der Waals surface area contributed by atoms with Crippen molar-refractivity contribution in [2.24, 2.45) is 0 Å². The lowest BCUT2D eigenvalue weighted by Crippen LogP contribution is -2.24. The maximum atomic E-state index is 11.6. The molecule has 5 nitrogen and oxygen atoms in total. The average Bonchev–Trinajstić information content (AvgIpc) is 3.04. The minimum absolute atomic E-state index is 0.223. The minimum Gasteiger partial charge on any atom is -0.508 e. The van der Waals surface area contributed by atoms with Gasteiger partial charge in [0.05, 0.1) is 17.6 Å². The Morgan fingerprint density at radius 2 is 1.58 bits per heavy atom. The molecule has 24 heavy (non-hydrogen) atoms. The van der Waals surface area contributed by atoms with Crippen LogP contribution in [0.4, 0.5) is 5.69 Å². The van der Waals surface area contributed by atoms with Gasteiger partial charge in [-0.25, -0.2) is 13.4 Å². The molecular weight excluding hydrogens is 344 g/mol. The number of aromatic nitrogens is 1. The van der Waals surface area contributed by atoms with Gasteiger partial charge in [0.15, 0.2) is 0 Å². The van der Waals surface area contributed by atoms with Gasteiger partial charge < -0.3 is 5.11 Å². The highest BCUT2D eigenvalue weighted by Gasteiger charge is 2.12. The van der Waals surface area contributed by atoms with E-state index < -0.39 is 10.0 Å². The van der Waals surface area contributed by atoms with Crippen LogP contribution in [-0.2, 0) is 10.0 Å². The Kier molecular flexibility index (Phi) is 4.29. The molecule has 0 saturated carbocycles. The number of hydrogen-bond donors (Lipinski definition) is 1. The molecular formula is C17H16N2O3S2. The van der Waals surface area contributed by atoms with Crippen LogP contribution in [0.2, 0.25) is 0 Å². The van der Waals surface area contributed by atoms with Crippen molar-refractivity contribution in [1.29, 1.82) is 0 Å². The fraction of sp³-hybridized carbons (Fsp3) is 0.118. The second-order valence-corrected chi connectivity index (χ2v) is 8.23. The van der Waals surface area contributed by atoms with Gasteiger partial charge in [0.1, 0.15) is 10.8 Å². The second-order valence-electron chi connectivity index (χ2n) is 5.36. The number of phenols is 1. The first-order chi connectivity index (χ1) is 11.3. The van der Waals surface area contributed by atoms with Crippen LogP contribution < -0.4 is 4.31 Å². The summed E-state index contributed by atoms with van der Waals surface area (Å²) < 4.78 is 24.4.